The van der Waals surface area contributed by atoms with E-state index >= 15 is 0 Å². The van der Waals surface area contributed by atoms with Gasteiger partial charge in [0.15, 0.2) is 0 Å². The van der Waals surface area contributed by atoms with Crippen LogP contribution in [0.25, 0.3) is 0 Å². The van der Waals surface area contributed by atoms with Gasteiger partial charge < -0.3 is 20.2 Å². The average Bonchev–Trinajstić information content (AvgIpc) is 2.38. The molecule has 0 unspecified atom stereocenters. The maximum atomic E-state index is 11.3. The number of carbonyl (C=O) groups is 1. The molecule has 3 N–H and O–H groups in total. The average molecular weight is 187 g/mol. The van der Waals surface area contributed by atoms with Gasteiger partial charge in [0, 0.05) is 13.0 Å². The van der Waals surface area contributed by atoms with Gasteiger partial charge in [-0.3, -0.25) is 4.79 Å². The third-order valence-electron chi connectivity index (χ3n) is 2.86. The zero-order valence-corrected chi connectivity index (χ0v) is 7.13. The van der Waals surface area contributed by atoms with Gasteiger partial charge in [0.2, 0.25) is 5.91 Å². The quantitative estimate of drug-likeness (QED) is 0.412. The number of carbonyl (C=O) groups excluding carboxylic acids is 1. The molecule has 4 atom stereocenters. The van der Waals surface area contributed by atoms with E-state index in [4.69, 9.17) is 0 Å². The Kier molecular flexibility index (Phi) is 2.02. The van der Waals surface area contributed by atoms with E-state index in [1.165, 1.54) is 4.90 Å². The lowest BCUT2D eigenvalue weighted by molar-refractivity contribution is -0.141. The lowest BCUT2D eigenvalue weighted by Crippen LogP contribution is -2.51. The molecular formula is C8H13NO4. The fourth-order valence-corrected chi connectivity index (χ4v) is 2.13. The van der Waals surface area contributed by atoms with Gasteiger partial charge in [0.1, 0.15) is 6.10 Å². The Morgan fingerprint density at radius 2 is 1.92 bits per heavy atom. The van der Waals surface area contributed by atoms with Crippen molar-refractivity contribution in [2.45, 2.75) is 37.2 Å². The largest absolute Gasteiger partial charge is 0.391 e. The van der Waals surface area contributed by atoms with Gasteiger partial charge in [-0.05, 0) is 6.42 Å². The van der Waals surface area contributed by atoms with Gasteiger partial charge in [-0.25, -0.2) is 0 Å². The van der Waals surface area contributed by atoms with Crippen LogP contribution in [0, 0.1) is 0 Å². The van der Waals surface area contributed by atoms with Crippen LogP contribution in [0.2, 0.25) is 0 Å². The van der Waals surface area contributed by atoms with Crippen molar-refractivity contribution in [1.29, 1.82) is 0 Å². The monoisotopic (exact) mass is 187 g/mol. The molecule has 5 nitrogen and oxygen atoms in total. The van der Waals surface area contributed by atoms with E-state index in [1.807, 2.05) is 0 Å². The number of rotatable bonds is 0. The third kappa shape index (κ3) is 1.23. The SMILES string of the molecule is O=C1CC[C@H](O)[C@@H]2[C@H](O)[C@H](O)CN12. The molecule has 0 bridgehead atoms. The highest BCUT2D eigenvalue weighted by molar-refractivity contribution is 5.78. The molecule has 2 aliphatic rings. The second kappa shape index (κ2) is 2.94. The van der Waals surface area contributed by atoms with Crippen LogP contribution in [-0.4, -0.2) is 57.0 Å². The van der Waals surface area contributed by atoms with Gasteiger partial charge in [-0.2, -0.15) is 0 Å². The highest BCUT2D eigenvalue weighted by Gasteiger charge is 2.48. The van der Waals surface area contributed by atoms with E-state index < -0.39 is 24.4 Å². The number of amides is 1. The predicted molar refractivity (Wildman–Crippen MR) is 42.8 cm³/mol. The molecule has 0 saturated carbocycles. The zero-order valence-electron chi connectivity index (χ0n) is 7.13. The molecule has 0 aromatic heterocycles. The van der Waals surface area contributed by atoms with Gasteiger partial charge in [-0.15, -0.1) is 0 Å². The van der Waals surface area contributed by atoms with Crippen molar-refractivity contribution in [1.82, 2.24) is 4.90 Å². The van der Waals surface area contributed by atoms with Crippen LogP contribution in [0.3, 0.4) is 0 Å². The topological polar surface area (TPSA) is 81.0 Å². The lowest BCUT2D eigenvalue weighted by Gasteiger charge is -2.34. The highest BCUT2D eigenvalue weighted by atomic mass is 16.3. The van der Waals surface area contributed by atoms with Gasteiger partial charge >= 0.3 is 0 Å². The van der Waals surface area contributed by atoms with Gasteiger partial charge in [0.05, 0.1) is 18.2 Å². The number of piperidine rings is 1. The first-order valence-corrected chi connectivity index (χ1v) is 4.45. The van der Waals surface area contributed by atoms with Crippen molar-refractivity contribution < 1.29 is 20.1 Å². The summed E-state index contributed by atoms with van der Waals surface area (Å²) < 4.78 is 0. The third-order valence-corrected chi connectivity index (χ3v) is 2.86. The number of aliphatic hydroxyl groups is 3. The van der Waals surface area contributed by atoms with E-state index in [-0.39, 0.29) is 12.5 Å². The van der Waals surface area contributed by atoms with Gasteiger partial charge in [-0.1, -0.05) is 0 Å². The molecule has 2 fully saturated rings. The second-order valence-electron chi connectivity index (χ2n) is 3.70. The molecule has 0 aromatic carbocycles. The normalized spacial score (nSPS) is 45.2. The smallest absolute Gasteiger partial charge is 0.223 e. The molecule has 0 radical (unpaired) electrons. The molecule has 2 aliphatic heterocycles. The Morgan fingerprint density at radius 3 is 2.54 bits per heavy atom. The first kappa shape index (κ1) is 8.93. The highest BCUT2D eigenvalue weighted by Crippen LogP contribution is 2.28. The maximum absolute atomic E-state index is 11.3. The van der Waals surface area contributed by atoms with Crippen LogP contribution in [0.15, 0.2) is 0 Å². The number of hydrogen-bond donors (Lipinski definition) is 3. The van der Waals surface area contributed by atoms with Crippen molar-refractivity contribution in [2.75, 3.05) is 6.54 Å². The molecule has 5 heteroatoms. The Morgan fingerprint density at radius 1 is 1.23 bits per heavy atom. The van der Waals surface area contributed by atoms with E-state index in [1.54, 1.807) is 0 Å². The van der Waals surface area contributed by atoms with E-state index in [9.17, 15) is 20.1 Å². The molecule has 2 heterocycles. The minimum atomic E-state index is -1.00. The lowest BCUT2D eigenvalue weighted by atomic mass is 9.97. The van der Waals surface area contributed by atoms with Crippen molar-refractivity contribution in [3.05, 3.63) is 0 Å². The van der Waals surface area contributed by atoms with Crippen molar-refractivity contribution in [2.24, 2.45) is 0 Å². The first-order valence-electron chi connectivity index (χ1n) is 4.45. The minimum Gasteiger partial charge on any atom is -0.391 e. The molecule has 0 aliphatic carbocycles. The van der Waals surface area contributed by atoms with E-state index in [2.05, 4.69) is 0 Å². The Balaban J connectivity index is 2.22. The number of hydrogen-bond acceptors (Lipinski definition) is 4. The van der Waals surface area contributed by atoms with Crippen LogP contribution in [0.1, 0.15) is 12.8 Å². The summed E-state index contributed by atoms with van der Waals surface area (Å²) in [5.41, 5.74) is 0. The second-order valence-corrected chi connectivity index (χ2v) is 3.70. The molecular weight excluding hydrogens is 174 g/mol. The van der Waals surface area contributed by atoms with Crippen LogP contribution < -0.4 is 0 Å². The van der Waals surface area contributed by atoms with Crippen LogP contribution in [0.5, 0.6) is 0 Å². The molecule has 0 spiro atoms. The van der Waals surface area contributed by atoms with Crippen LogP contribution in [-0.2, 0) is 4.79 Å². The number of fused-ring (bicyclic) bond motifs is 1. The summed E-state index contributed by atoms with van der Waals surface area (Å²) in [6.45, 7) is 0.141. The predicted octanol–water partition coefficient (Wildman–Crippen LogP) is -1.93. The zero-order chi connectivity index (χ0) is 9.59. The number of nitrogens with zero attached hydrogens (tertiary/aromatic N) is 1. The Hall–Kier alpha value is -0.650. The fraction of sp³-hybridized carbons (Fsp3) is 0.875. The first-order chi connectivity index (χ1) is 6.11. The van der Waals surface area contributed by atoms with Crippen LogP contribution in [0.4, 0.5) is 0 Å². The summed E-state index contributed by atoms with van der Waals surface area (Å²) in [7, 11) is 0. The summed E-state index contributed by atoms with van der Waals surface area (Å²) in [4.78, 5) is 12.7. The Bertz CT molecular complexity index is 232. The van der Waals surface area contributed by atoms with Gasteiger partial charge in [0.25, 0.3) is 0 Å². The standard InChI is InChI=1S/C8H13NO4/c10-4-1-2-6(12)9-3-5(11)8(13)7(4)9/h4-5,7-8,10-11,13H,1-3H2/t4-,5+,7+,8+/m0/s1. The minimum absolute atomic E-state index is 0.0918. The summed E-state index contributed by atoms with van der Waals surface area (Å²) in [5, 5.41) is 28.3. The molecule has 2 rings (SSSR count). The van der Waals surface area contributed by atoms with Crippen molar-refractivity contribution in [3.8, 4) is 0 Å². The van der Waals surface area contributed by atoms with Crippen molar-refractivity contribution in [3.63, 3.8) is 0 Å². The van der Waals surface area contributed by atoms with E-state index in [0.717, 1.165) is 0 Å². The Labute approximate surface area is 75.6 Å². The maximum Gasteiger partial charge on any atom is 0.223 e. The summed E-state index contributed by atoms with van der Waals surface area (Å²) in [5.74, 6) is -0.0918. The fourth-order valence-electron chi connectivity index (χ4n) is 2.13. The summed E-state index contributed by atoms with van der Waals surface area (Å²) in [6.07, 6.45) is -1.94. The van der Waals surface area contributed by atoms with Crippen LogP contribution >= 0.6 is 0 Å². The summed E-state index contributed by atoms with van der Waals surface area (Å²) in [6, 6.07) is -0.601. The van der Waals surface area contributed by atoms with Crippen molar-refractivity contribution >= 4 is 5.91 Å². The van der Waals surface area contributed by atoms with E-state index in [0.29, 0.717) is 12.8 Å². The summed E-state index contributed by atoms with van der Waals surface area (Å²) >= 11 is 0. The molecule has 1 amide bonds. The molecule has 2 saturated heterocycles. The molecule has 74 valence electrons. The molecule has 13 heavy (non-hydrogen) atoms. The molecule has 0 aromatic rings. The number of aliphatic hydroxyl groups excluding tert-OH is 3.